The van der Waals surface area contributed by atoms with E-state index in [0.717, 1.165) is 25.8 Å². The second kappa shape index (κ2) is 13.0. The van der Waals surface area contributed by atoms with Crippen molar-refractivity contribution in [3.8, 4) is 11.5 Å². The summed E-state index contributed by atoms with van der Waals surface area (Å²) in [5.41, 5.74) is 2.17. The fourth-order valence-corrected chi connectivity index (χ4v) is 5.62. The molecule has 0 atom stereocenters. The number of nitrogens with one attached hydrogen (secondary N) is 1. The van der Waals surface area contributed by atoms with Gasteiger partial charge in [-0.2, -0.15) is 0 Å². The van der Waals surface area contributed by atoms with Crippen LogP contribution in [0.5, 0.6) is 11.5 Å². The number of nitrogens with zero attached hydrogens (tertiary/aromatic N) is 1. The Labute approximate surface area is 251 Å². The van der Waals surface area contributed by atoms with Crippen LogP contribution < -0.4 is 14.8 Å². The first-order valence-electron chi connectivity index (χ1n) is 11.4. The second-order valence-corrected chi connectivity index (χ2v) is 11.4. The van der Waals surface area contributed by atoms with Crippen molar-refractivity contribution in [1.82, 2.24) is 4.90 Å². The summed E-state index contributed by atoms with van der Waals surface area (Å²) in [5, 5.41) is 2.85. The predicted octanol–water partition coefficient (Wildman–Crippen LogP) is 7.36. The molecule has 0 spiro atoms. The largest absolute Gasteiger partial charge is 0.490 e. The minimum Gasteiger partial charge on any atom is -0.490 e. The molecule has 3 amide bonds. The first-order valence-corrected chi connectivity index (χ1v) is 14.4. The molecule has 1 aliphatic rings. The Morgan fingerprint density at radius 2 is 1.87 bits per heavy atom. The molecule has 3 aromatic carbocycles. The molecule has 38 heavy (non-hydrogen) atoms. The lowest BCUT2D eigenvalue weighted by molar-refractivity contribution is -0.127. The zero-order valence-electron chi connectivity index (χ0n) is 20.0. The number of imide groups is 1. The molecule has 1 saturated heterocycles. The number of carbonyl (C=O) groups excluding carboxylic acids is 3. The fraction of sp³-hybridized carbons (Fsp3) is 0.148. The maximum atomic E-state index is 13.0. The van der Waals surface area contributed by atoms with Crippen LogP contribution in [0.1, 0.15) is 18.1 Å². The van der Waals surface area contributed by atoms with E-state index in [-0.39, 0.29) is 11.4 Å². The van der Waals surface area contributed by atoms with Crippen LogP contribution in [0, 0.1) is 3.57 Å². The molecule has 1 aliphatic heterocycles. The smallest absolute Gasteiger partial charge is 0.294 e. The van der Waals surface area contributed by atoms with Gasteiger partial charge in [-0.05, 0) is 111 Å². The van der Waals surface area contributed by atoms with Crippen LogP contribution >= 0.6 is 61.9 Å². The summed E-state index contributed by atoms with van der Waals surface area (Å²) in [5.74, 6) is 0.0946. The Kier molecular flexibility index (Phi) is 9.74. The number of hydrogen-bond acceptors (Lipinski definition) is 6. The molecular weight excluding hydrogens is 707 g/mol. The van der Waals surface area contributed by atoms with Gasteiger partial charge in [0.05, 0.1) is 20.8 Å². The molecule has 3 aromatic rings. The monoisotopic (exact) mass is 726 g/mol. The van der Waals surface area contributed by atoms with E-state index in [1.807, 2.05) is 31.2 Å². The van der Waals surface area contributed by atoms with Gasteiger partial charge in [0.25, 0.3) is 11.1 Å². The van der Waals surface area contributed by atoms with E-state index in [9.17, 15) is 14.4 Å². The molecule has 1 N–H and O–H groups in total. The van der Waals surface area contributed by atoms with Gasteiger partial charge in [0.2, 0.25) is 5.91 Å². The molecule has 1 heterocycles. The van der Waals surface area contributed by atoms with Gasteiger partial charge in [-0.1, -0.05) is 35.9 Å². The number of benzene rings is 3. The van der Waals surface area contributed by atoms with Gasteiger partial charge >= 0.3 is 0 Å². The third kappa shape index (κ3) is 7.10. The van der Waals surface area contributed by atoms with Gasteiger partial charge in [-0.3, -0.25) is 19.3 Å². The van der Waals surface area contributed by atoms with Crippen molar-refractivity contribution in [1.29, 1.82) is 0 Å². The van der Waals surface area contributed by atoms with E-state index in [0.29, 0.717) is 45.5 Å². The summed E-state index contributed by atoms with van der Waals surface area (Å²) in [6.07, 6.45) is 1.62. The highest BCUT2D eigenvalue weighted by Gasteiger charge is 2.36. The van der Waals surface area contributed by atoms with Crippen LogP contribution in [0.4, 0.5) is 10.5 Å². The molecule has 0 saturated carbocycles. The Morgan fingerprint density at radius 3 is 2.58 bits per heavy atom. The first kappa shape index (κ1) is 28.5. The van der Waals surface area contributed by atoms with Crippen molar-refractivity contribution in [2.45, 2.75) is 13.5 Å². The van der Waals surface area contributed by atoms with E-state index in [1.165, 1.54) is 0 Å². The summed E-state index contributed by atoms with van der Waals surface area (Å²) in [6, 6.07) is 18.1. The fourth-order valence-electron chi connectivity index (χ4n) is 3.49. The Balaban J connectivity index is 1.49. The highest BCUT2D eigenvalue weighted by Crippen LogP contribution is 2.38. The maximum Gasteiger partial charge on any atom is 0.294 e. The van der Waals surface area contributed by atoms with Crippen LogP contribution in [-0.2, 0) is 16.2 Å². The topological polar surface area (TPSA) is 84.9 Å². The SMILES string of the molecule is CCOc1cc(/C=C2/SC(=O)N(CC(=O)Nc3ccccc3Br)C2=O)cc(I)c1OCc1ccc(Cl)cc1. The van der Waals surface area contributed by atoms with Crippen molar-refractivity contribution in [2.75, 3.05) is 18.5 Å². The van der Waals surface area contributed by atoms with Gasteiger partial charge < -0.3 is 14.8 Å². The van der Waals surface area contributed by atoms with Gasteiger partial charge in [0.1, 0.15) is 13.2 Å². The summed E-state index contributed by atoms with van der Waals surface area (Å²) in [4.78, 5) is 39.2. The minimum atomic E-state index is -0.529. The lowest BCUT2D eigenvalue weighted by atomic mass is 10.1. The molecule has 196 valence electrons. The summed E-state index contributed by atoms with van der Waals surface area (Å²) >= 11 is 12.3. The van der Waals surface area contributed by atoms with Crippen LogP contribution in [0.3, 0.4) is 0 Å². The molecule has 0 bridgehead atoms. The molecule has 7 nitrogen and oxygen atoms in total. The number of amides is 3. The summed E-state index contributed by atoms with van der Waals surface area (Å²) in [7, 11) is 0. The second-order valence-electron chi connectivity index (χ2n) is 7.97. The molecule has 4 rings (SSSR count). The highest BCUT2D eigenvalue weighted by molar-refractivity contribution is 14.1. The van der Waals surface area contributed by atoms with Gasteiger partial charge in [0, 0.05) is 9.50 Å². The number of carbonyl (C=O) groups is 3. The van der Waals surface area contributed by atoms with Crippen molar-refractivity contribution in [3.63, 3.8) is 0 Å². The molecular formula is C27H21BrClIN2O5S. The normalized spacial score (nSPS) is 14.2. The van der Waals surface area contributed by atoms with Crippen molar-refractivity contribution in [2.24, 2.45) is 0 Å². The van der Waals surface area contributed by atoms with Crippen LogP contribution in [0.25, 0.3) is 6.08 Å². The molecule has 0 unspecified atom stereocenters. The van der Waals surface area contributed by atoms with Crippen LogP contribution in [0.15, 0.2) is 70.0 Å². The molecule has 0 aliphatic carbocycles. The molecule has 11 heteroatoms. The lowest BCUT2D eigenvalue weighted by Gasteiger charge is -2.15. The Morgan fingerprint density at radius 1 is 1.13 bits per heavy atom. The van der Waals surface area contributed by atoms with Crippen molar-refractivity contribution >= 4 is 90.7 Å². The number of hydrogen-bond donors (Lipinski definition) is 1. The van der Waals surface area contributed by atoms with Crippen molar-refractivity contribution < 1.29 is 23.9 Å². The molecule has 1 fully saturated rings. The number of para-hydroxylation sites is 1. The van der Waals surface area contributed by atoms with Gasteiger partial charge in [0.15, 0.2) is 11.5 Å². The predicted molar refractivity (Wildman–Crippen MR) is 162 cm³/mol. The lowest BCUT2D eigenvalue weighted by Crippen LogP contribution is -2.36. The van der Waals surface area contributed by atoms with Crippen LogP contribution in [-0.4, -0.2) is 35.1 Å². The van der Waals surface area contributed by atoms with Crippen LogP contribution in [0.2, 0.25) is 5.02 Å². The molecule has 0 radical (unpaired) electrons. The Bertz CT molecular complexity index is 1420. The Hall–Kier alpha value is -2.54. The average molecular weight is 728 g/mol. The van der Waals surface area contributed by atoms with E-state index in [1.54, 1.807) is 42.5 Å². The maximum absolute atomic E-state index is 13.0. The zero-order chi connectivity index (χ0) is 27.2. The minimum absolute atomic E-state index is 0.219. The zero-order valence-corrected chi connectivity index (χ0v) is 25.3. The highest BCUT2D eigenvalue weighted by atomic mass is 127. The number of halogens is 3. The number of ether oxygens (including phenoxy) is 2. The van der Waals surface area contributed by atoms with Crippen molar-refractivity contribution in [3.05, 3.63) is 89.8 Å². The van der Waals surface area contributed by atoms with E-state index >= 15 is 0 Å². The summed E-state index contributed by atoms with van der Waals surface area (Å²) < 4.78 is 13.3. The third-order valence-corrected chi connectivity index (χ3v) is 7.90. The van der Waals surface area contributed by atoms with E-state index in [2.05, 4.69) is 43.8 Å². The number of anilines is 1. The van der Waals surface area contributed by atoms with Gasteiger partial charge in [-0.25, -0.2) is 0 Å². The standard InChI is InChI=1S/C27H21BrClIN2O5S/c1-2-36-22-12-17(11-20(30)25(22)37-15-16-7-9-18(29)10-8-16)13-23-26(34)32(27(35)38-23)14-24(33)31-21-6-4-3-5-19(21)28/h3-13H,2,14-15H2,1H3,(H,31,33)/b23-13+. The van der Waals surface area contributed by atoms with E-state index < -0.39 is 17.1 Å². The van der Waals surface area contributed by atoms with E-state index in [4.69, 9.17) is 21.1 Å². The third-order valence-electron chi connectivity index (χ3n) is 5.25. The number of thioether (sulfide) groups is 1. The quantitative estimate of drug-likeness (QED) is 0.183. The molecule has 0 aromatic heterocycles. The average Bonchev–Trinajstić information content (AvgIpc) is 3.13. The first-order chi connectivity index (χ1) is 18.2. The number of rotatable bonds is 9. The summed E-state index contributed by atoms with van der Waals surface area (Å²) in [6.45, 7) is 2.22. The van der Waals surface area contributed by atoms with Gasteiger partial charge in [-0.15, -0.1) is 0 Å².